The maximum absolute atomic E-state index is 6.03. The molecule has 0 aliphatic carbocycles. The molecule has 6 rings (SSSR count). The van der Waals surface area contributed by atoms with Crippen LogP contribution in [0.3, 0.4) is 0 Å². The van der Waals surface area contributed by atoms with E-state index < -0.39 is 0 Å². The van der Waals surface area contributed by atoms with Gasteiger partial charge in [0.05, 0.1) is 20.3 Å². The minimum Gasteiger partial charge on any atom is -0.496 e. The number of ether oxygens (including phenoxy) is 3. The summed E-state index contributed by atoms with van der Waals surface area (Å²) in [6, 6.07) is 48.7. The van der Waals surface area contributed by atoms with Crippen molar-refractivity contribution >= 4 is 36.5 Å². The molecular weight excluding hydrogens is 805 g/mol. The number of unbranched alkanes of at least 4 members (excludes halogenated alkanes) is 8. The Morgan fingerprint density at radius 3 is 1.48 bits per heavy atom. The molecule has 3 heteroatoms. The van der Waals surface area contributed by atoms with Crippen LogP contribution in [0.1, 0.15) is 150 Å². The third-order valence-electron chi connectivity index (χ3n) is 10.8. The topological polar surface area (TPSA) is 27.7 Å². The summed E-state index contributed by atoms with van der Waals surface area (Å²) in [6.45, 7) is 18.2. The molecule has 0 aromatic heterocycles. The van der Waals surface area contributed by atoms with Crippen molar-refractivity contribution < 1.29 is 14.2 Å². The molecule has 6 aromatic rings. The van der Waals surface area contributed by atoms with E-state index >= 15 is 0 Å². The van der Waals surface area contributed by atoms with E-state index in [2.05, 4.69) is 192 Å². The van der Waals surface area contributed by atoms with Crippen LogP contribution < -0.4 is 14.2 Å². The summed E-state index contributed by atoms with van der Waals surface area (Å²) < 4.78 is 17.6. The lowest BCUT2D eigenvalue weighted by atomic mass is 9.96. The zero-order valence-electron chi connectivity index (χ0n) is 42.0. The standard InChI is InChI=1S/C36H38O.C23H30O2.2C2H6/c1-2-3-4-5-6-13-28-37-35-26-24-34(25-27-35)36-29-32(19-18-30-14-9-7-10-15-30)21-23-33(36)22-20-31-16-11-8-12-17-31;1-5-6-7-8-15-25-22-17-21(23(24-4)16-19(22)3)14-13-20-11-9-18(2)10-12-20;2*1-2/h7-12,14-27,29H,2-6,13,28H2,1H3;9-14,16-17H,5-8,15H2,1-4H3;2*1-2H3/b19-18+,22-20+;14-13+;;. The Morgan fingerprint density at radius 2 is 0.894 bits per heavy atom. The summed E-state index contributed by atoms with van der Waals surface area (Å²) in [5, 5.41) is 0. The summed E-state index contributed by atoms with van der Waals surface area (Å²) in [4.78, 5) is 0. The molecule has 0 fully saturated rings. The van der Waals surface area contributed by atoms with Crippen LogP contribution >= 0.6 is 0 Å². The fourth-order valence-electron chi connectivity index (χ4n) is 7.10. The van der Waals surface area contributed by atoms with Gasteiger partial charge in [0.1, 0.15) is 17.2 Å². The molecule has 0 saturated heterocycles. The molecule has 0 radical (unpaired) electrons. The minimum absolute atomic E-state index is 0.772. The lowest BCUT2D eigenvalue weighted by Crippen LogP contribution is -2.00. The van der Waals surface area contributed by atoms with Crippen LogP contribution in [0.4, 0.5) is 0 Å². The van der Waals surface area contributed by atoms with Crippen molar-refractivity contribution in [3.8, 4) is 28.4 Å². The molecule has 0 spiro atoms. The van der Waals surface area contributed by atoms with Crippen LogP contribution in [-0.4, -0.2) is 20.3 Å². The third kappa shape index (κ3) is 20.4. The molecule has 0 unspecified atom stereocenters. The fraction of sp³-hybridized carbons (Fsp3) is 0.333. The number of hydrogen-bond acceptors (Lipinski definition) is 3. The van der Waals surface area contributed by atoms with Crippen molar-refractivity contribution in [3.05, 3.63) is 184 Å². The predicted molar refractivity (Wildman–Crippen MR) is 292 cm³/mol. The molecule has 0 atom stereocenters. The van der Waals surface area contributed by atoms with Gasteiger partial charge >= 0.3 is 0 Å². The zero-order valence-corrected chi connectivity index (χ0v) is 42.0. The second kappa shape index (κ2) is 33.4. The first-order valence-electron chi connectivity index (χ1n) is 24.9. The maximum Gasteiger partial charge on any atom is 0.126 e. The number of methoxy groups -OCH3 is 1. The molecule has 3 nitrogen and oxygen atoms in total. The van der Waals surface area contributed by atoms with Crippen molar-refractivity contribution in [1.29, 1.82) is 0 Å². The van der Waals surface area contributed by atoms with Crippen molar-refractivity contribution in [2.75, 3.05) is 20.3 Å². The molecule has 0 amide bonds. The van der Waals surface area contributed by atoms with Crippen molar-refractivity contribution in [2.45, 2.75) is 120 Å². The van der Waals surface area contributed by atoms with E-state index in [1.165, 1.54) is 95.9 Å². The van der Waals surface area contributed by atoms with Gasteiger partial charge in [-0.1, -0.05) is 244 Å². The molecule has 0 heterocycles. The van der Waals surface area contributed by atoms with E-state index in [0.29, 0.717) is 0 Å². The third-order valence-corrected chi connectivity index (χ3v) is 10.8. The van der Waals surface area contributed by atoms with Crippen molar-refractivity contribution in [2.24, 2.45) is 0 Å². The smallest absolute Gasteiger partial charge is 0.126 e. The number of hydrogen-bond donors (Lipinski definition) is 0. The van der Waals surface area contributed by atoms with E-state index in [1.807, 2.05) is 39.8 Å². The zero-order chi connectivity index (χ0) is 47.6. The van der Waals surface area contributed by atoms with Gasteiger partial charge in [0.15, 0.2) is 0 Å². The SMILES string of the molecule is CC.CC.CCCCCCCCOc1ccc(-c2cc(/C=C/c3ccccc3)ccc2/C=C/c2ccccc2)cc1.CCCCCCOc1cc(/C=C/c2ccc(C)cc2)c(OC)cc1C. The highest BCUT2D eigenvalue weighted by atomic mass is 16.5. The maximum atomic E-state index is 6.03. The molecule has 0 aliphatic heterocycles. The molecule has 6 aromatic carbocycles. The molecular formula is C63H80O3. The molecule has 0 N–H and O–H groups in total. The molecule has 66 heavy (non-hydrogen) atoms. The average molecular weight is 885 g/mol. The Balaban J connectivity index is 0.000000348. The lowest BCUT2D eigenvalue weighted by molar-refractivity contribution is 0.302. The first kappa shape index (κ1) is 54.3. The summed E-state index contributed by atoms with van der Waals surface area (Å²) in [5.74, 6) is 2.76. The van der Waals surface area contributed by atoms with E-state index in [-0.39, 0.29) is 0 Å². The summed E-state index contributed by atoms with van der Waals surface area (Å²) >= 11 is 0. The van der Waals surface area contributed by atoms with E-state index in [9.17, 15) is 0 Å². The van der Waals surface area contributed by atoms with Gasteiger partial charge in [0, 0.05) is 5.56 Å². The Kier molecular flexibility index (Phi) is 27.5. The summed E-state index contributed by atoms with van der Waals surface area (Å²) in [6.07, 6.45) is 25.4. The Bertz CT molecular complexity index is 2250. The molecule has 0 aliphatic rings. The van der Waals surface area contributed by atoms with Crippen LogP contribution in [0, 0.1) is 13.8 Å². The number of benzene rings is 6. The first-order chi connectivity index (χ1) is 32.4. The van der Waals surface area contributed by atoms with Gasteiger partial charge in [-0.3, -0.25) is 0 Å². The largest absolute Gasteiger partial charge is 0.496 e. The fourth-order valence-corrected chi connectivity index (χ4v) is 7.10. The predicted octanol–water partition coefficient (Wildman–Crippen LogP) is 18.9. The summed E-state index contributed by atoms with van der Waals surface area (Å²) in [5.41, 5.74) is 11.8. The van der Waals surface area contributed by atoms with Gasteiger partial charge in [-0.25, -0.2) is 0 Å². The number of aryl methyl sites for hydroxylation is 2. The second-order valence-electron chi connectivity index (χ2n) is 16.0. The monoisotopic (exact) mass is 885 g/mol. The Hall–Kier alpha value is -6.06. The van der Waals surface area contributed by atoms with Crippen LogP contribution in [0.5, 0.6) is 17.2 Å². The number of rotatable bonds is 22. The van der Waals surface area contributed by atoms with E-state index in [4.69, 9.17) is 14.2 Å². The van der Waals surface area contributed by atoms with Gasteiger partial charge in [-0.2, -0.15) is 0 Å². The first-order valence-corrected chi connectivity index (χ1v) is 24.9. The van der Waals surface area contributed by atoms with Crippen LogP contribution in [-0.2, 0) is 0 Å². The normalized spacial score (nSPS) is 10.7. The highest BCUT2D eigenvalue weighted by Crippen LogP contribution is 2.31. The second-order valence-corrected chi connectivity index (χ2v) is 16.0. The van der Waals surface area contributed by atoms with Gasteiger partial charge in [0.25, 0.3) is 0 Å². The lowest BCUT2D eigenvalue weighted by Gasteiger charge is -2.13. The quantitative estimate of drug-likeness (QED) is 0.0502. The molecule has 350 valence electrons. The highest BCUT2D eigenvalue weighted by molar-refractivity contribution is 5.84. The minimum atomic E-state index is 0.772. The van der Waals surface area contributed by atoms with Crippen molar-refractivity contribution in [1.82, 2.24) is 0 Å². The van der Waals surface area contributed by atoms with Crippen molar-refractivity contribution in [3.63, 3.8) is 0 Å². The summed E-state index contributed by atoms with van der Waals surface area (Å²) in [7, 11) is 1.71. The van der Waals surface area contributed by atoms with Crippen LogP contribution in [0.2, 0.25) is 0 Å². The van der Waals surface area contributed by atoms with Crippen LogP contribution in [0.15, 0.2) is 140 Å². The Labute approximate surface area is 401 Å². The van der Waals surface area contributed by atoms with E-state index in [0.717, 1.165) is 54.4 Å². The molecule has 0 bridgehead atoms. The van der Waals surface area contributed by atoms with Gasteiger partial charge in [-0.05, 0) is 102 Å². The molecule has 0 saturated carbocycles. The van der Waals surface area contributed by atoms with Crippen LogP contribution in [0.25, 0.3) is 47.6 Å². The van der Waals surface area contributed by atoms with Gasteiger partial charge in [0.2, 0.25) is 0 Å². The van der Waals surface area contributed by atoms with Gasteiger partial charge in [-0.15, -0.1) is 0 Å². The van der Waals surface area contributed by atoms with E-state index in [1.54, 1.807) is 7.11 Å². The van der Waals surface area contributed by atoms with Gasteiger partial charge < -0.3 is 14.2 Å². The average Bonchev–Trinajstić information content (AvgIpc) is 3.37. The Morgan fingerprint density at radius 1 is 0.409 bits per heavy atom. The highest BCUT2D eigenvalue weighted by Gasteiger charge is 2.08.